The van der Waals surface area contributed by atoms with Gasteiger partial charge in [-0.3, -0.25) is 10.8 Å². The Morgan fingerprint density at radius 2 is 1.04 bits per heavy atom. The Morgan fingerprint density at radius 1 is 0.444 bits per heavy atom. The van der Waals surface area contributed by atoms with Crippen molar-refractivity contribution < 1.29 is 0 Å². The molecule has 0 aliphatic rings. The molecule has 0 amide bonds. The highest BCUT2D eigenvalue weighted by molar-refractivity contribution is 8.27. The molecule has 9 rings (SSSR count). The van der Waals surface area contributed by atoms with Crippen molar-refractivity contribution in [2.45, 2.75) is 0 Å². The molecule has 0 radical (unpaired) electrons. The van der Waals surface area contributed by atoms with Gasteiger partial charge in [-0.05, 0) is 47.5 Å². The smallest absolute Gasteiger partial charge is 0.160 e. The molecule has 2 N–H and O–H groups in total. The van der Waals surface area contributed by atoms with E-state index in [1.54, 1.807) is 0 Å². The van der Waals surface area contributed by atoms with Crippen LogP contribution >= 0.6 is 11.8 Å². The van der Waals surface area contributed by atoms with Gasteiger partial charge in [0.1, 0.15) is 10.1 Å². The average Bonchev–Trinajstić information content (AvgIpc) is 3.58. The van der Waals surface area contributed by atoms with Gasteiger partial charge in [-0.1, -0.05) is 163 Å². The second-order valence-electron chi connectivity index (χ2n) is 13.0. The summed E-state index contributed by atoms with van der Waals surface area (Å²) in [4.78, 5) is 10.1. The number of thioether (sulfide) groups is 1. The van der Waals surface area contributed by atoms with E-state index in [1.165, 1.54) is 21.8 Å². The number of para-hydroxylation sites is 2. The van der Waals surface area contributed by atoms with Gasteiger partial charge in [-0.25, -0.2) is 9.97 Å². The Hall–Kier alpha value is -6.89. The zero-order chi connectivity index (χ0) is 36.4. The third-order valence-electron chi connectivity index (χ3n) is 9.65. The molecular weight excluding hydrogens is 679 g/mol. The maximum absolute atomic E-state index is 9.06. The lowest BCUT2D eigenvalue weighted by Gasteiger charge is -2.14. The number of hydrogen-bond donors (Lipinski definition) is 2. The molecule has 0 bridgehead atoms. The molecule has 0 saturated carbocycles. The van der Waals surface area contributed by atoms with Gasteiger partial charge in [-0.15, -0.1) is 0 Å². The first-order chi connectivity index (χ1) is 26.6. The highest BCUT2D eigenvalue weighted by Gasteiger charge is 2.18. The summed E-state index contributed by atoms with van der Waals surface area (Å²) < 4.78 is 2.33. The summed E-state index contributed by atoms with van der Waals surface area (Å²) in [5, 5.41) is 20.8. The molecule has 7 aromatic carbocycles. The molecule has 54 heavy (non-hydrogen) atoms. The summed E-state index contributed by atoms with van der Waals surface area (Å²) in [7, 11) is 0. The van der Waals surface area contributed by atoms with E-state index in [1.807, 2.05) is 91.0 Å². The topological polar surface area (TPSA) is 78.4 Å². The molecule has 5 nitrogen and oxygen atoms in total. The summed E-state index contributed by atoms with van der Waals surface area (Å²) in [5.41, 5.74) is 11.5. The predicted molar refractivity (Wildman–Crippen MR) is 226 cm³/mol. The number of rotatable bonds is 7. The second kappa shape index (κ2) is 14.3. The van der Waals surface area contributed by atoms with Crippen LogP contribution < -0.4 is 0 Å². The summed E-state index contributed by atoms with van der Waals surface area (Å²) in [6, 6.07) is 63.7. The fraction of sp³-hybridized carbons (Fsp3) is 0. The van der Waals surface area contributed by atoms with Crippen LogP contribution in [-0.4, -0.2) is 24.6 Å². The monoisotopic (exact) mass is 711 g/mol. The molecule has 0 aliphatic heterocycles. The van der Waals surface area contributed by atoms with Gasteiger partial charge in [0.05, 0.1) is 22.4 Å². The van der Waals surface area contributed by atoms with E-state index in [-0.39, 0.29) is 5.04 Å². The minimum absolute atomic E-state index is 0.286. The summed E-state index contributed by atoms with van der Waals surface area (Å²) in [6.45, 7) is 0. The van der Waals surface area contributed by atoms with Crippen molar-refractivity contribution in [3.63, 3.8) is 0 Å². The van der Waals surface area contributed by atoms with Crippen LogP contribution in [0.1, 0.15) is 11.1 Å². The first kappa shape index (κ1) is 33.0. The second-order valence-corrected chi connectivity index (χ2v) is 14.0. The number of benzene rings is 7. The van der Waals surface area contributed by atoms with Crippen LogP contribution in [0.2, 0.25) is 0 Å². The minimum Gasteiger partial charge on any atom is -0.309 e. The molecular formula is C48H33N5S. The first-order valence-corrected chi connectivity index (χ1v) is 18.6. The number of nitrogens with zero attached hydrogens (tertiary/aromatic N) is 3. The highest BCUT2D eigenvalue weighted by Crippen LogP contribution is 2.36. The summed E-state index contributed by atoms with van der Waals surface area (Å²) >= 11 is 1.14. The highest BCUT2D eigenvalue weighted by atomic mass is 32.2. The lowest BCUT2D eigenvalue weighted by atomic mass is 9.99. The van der Waals surface area contributed by atoms with E-state index in [0.29, 0.717) is 16.4 Å². The molecule has 0 spiro atoms. The molecule has 0 fully saturated rings. The molecule has 0 atom stereocenters. The maximum Gasteiger partial charge on any atom is 0.160 e. The molecule has 0 aliphatic carbocycles. The van der Waals surface area contributed by atoms with Crippen LogP contribution in [0, 0.1) is 10.8 Å². The molecule has 2 aromatic heterocycles. The Kier molecular flexibility index (Phi) is 8.71. The Labute approximate surface area is 317 Å². The fourth-order valence-corrected chi connectivity index (χ4v) is 7.75. The Bertz CT molecular complexity index is 2810. The van der Waals surface area contributed by atoms with Crippen molar-refractivity contribution in [3.05, 3.63) is 199 Å². The fourth-order valence-electron chi connectivity index (χ4n) is 7.00. The maximum atomic E-state index is 9.06. The SMILES string of the molecule is N=C(SC(=N)c1ccccc1-c1cc(-c2ccc(-c3ccc4c(c3)c3ccccc3n4-c3ccccc3)cc2)nc(-c2ccccc2)n1)c1ccccc1. The van der Waals surface area contributed by atoms with Crippen LogP contribution in [-0.2, 0) is 0 Å². The lowest BCUT2D eigenvalue weighted by molar-refractivity contribution is 1.18. The van der Waals surface area contributed by atoms with E-state index in [4.69, 9.17) is 20.8 Å². The minimum atomic E-state index is 0.286. The van der Waals surface area contributed by atoms with Gasteiger partial charge in [0.15, 0.2) is 5.82 Å². The van der Waals surface area contributed by atoms with E-state index >= 15 is 0 Å². The predicted octanol–water partition coefficient (Wildman–Crippen LogP) is 12.3. The average molecular weight is 712 g/mol. The molecule has 6 heteroatoms. The molecule has 0 unspecified atom stereocenters. The number of nitrogens with one attached hydrogen (secondary N) is 2. The lowest BCUT2D eigenvalue weighted by Crippen LogP contribution is -2.04. The van der Waals surface area contributed by atoms with Gasteiger partial charge in [0, 0.05) is 44.3 Å². The Morgan fingerprint density at radius 3 is 1.81 bits per heavy atom. The van der Waals surface area contributed by atoms with Crippen LogP contribution in [0.15, 0.2) is 188 Å². The standard InChI is InChI=1S/C48H33N5S/c49-46(34-14-4-1-5-15-34)54-47(50)40-22-11-10-20-38(40)43-31-42(51-48(52-43)35-16-6-2-7-17-35)33-26-24-32(25-27-33)36-28-29-45-41(30-36)39-21-12-13-23-44(39)53(45)37-18-8-3-9-19-37/h1-31,49-50H. The van der Waals surface area contributed by atoms with Crippen molar-refractivity contribution in [3.8, 4) is 50.7 Å². The Balaban J connectivity index is 1.09. The van der Waals surface area contributed by atoms with Gasteiger partial charge >= 0.3 is 0 Å². The van der Waals surface area contributed by atoms with Crippen LogP contribution in [0.25, 0.3) is 72.5 Å². The third kappa shape index (κ3) is 6.29. The first-order valence-electron chi connectivity index (χ1n) is 17.7. The van der Waals surface area contributed by atoms with E-state index in [0.717, 1.165) is 62.2 Å². The van der Waals surface area contributed by atoms with Crippen LogP contribution in [0.4, 0.5) is 0 Å². The van der Waals surface area contributed by atoms with Crippen molar-refractivity contribution in [1.29, 1.82) is 10.8 Å². The third-order valence-corrected chi connectivity index (χ3v) is 10.5. The van der Waals surface area contributed by atoms with Gasteiger partial charge in [-0.2, -0.15) is 0 Å². The molecule has 2 heterocycles. The zero-order valence-electron chi connectivity index (χ0n) is 29.1. The number of aromatic nitrogens is 3. The van der Waals surface area contributed by atoms with Gasteiger partial charge in [0.25, 0.3) is 0 Å². The molecule has 256 valence electrons. The van der Waals surface area contributed by atoms with Crippen LogP contribution in [0.5, 0.6) is 0 Å². The van der Waals surface area contributed by atoms with E-state index < -0.39 is 0 Å². The van der Waals surface area contributed by atoms with Crippen molar-refractivity contribution in [1.82, 2.24) is 14.5 Å². The molecule has 9 aromatic rings. The largest absolute Gasteiger partial charge is 0.309 e. The zero-order valence-corrected chi connectivity index (χ0v) is 30.0. The quantitative estimate of drug-likeness (QED) is 0.128. The van der Waals surface area contributed by atoms with Crippen molar-refractivity contribution in [2.75, 3.05) is 0 Å². The van der Waals surface area contributed by atoms with Crippen molar-refractivity contribution >= 4 is 43.7 Å². The van der Waals surface area contributed by atoms with Crippen molar-refractivity contribution in [2.24, 2.45) is 0 Å². The van der Waals surface area contributed by atoms with Gasteiger partial charge < -0.3 is 4.57 Å². The number of hydrogen-bond acceptors (Lipinski definition) is 5. The summed E-state index contributed by atoms with van der Waals surface area (Å²) in [6.07, 6.45) is 0. The van der Waals surface area contributed by atoms with Crippen LogP contribution in [0.3, 0.4) is 0 Å². The van der Waals surface area contributed by atoms with E-state index in [2.05, 4.69) is 102 Å². The van der Waals surface area contributed by atoms with Gasteiger partial charge in [0.2, 0.25) is 0 Å². The van der Waals surface area contributed by atoms with E-state index in [9.17, 15) is 0 Å². The summed E-state index contributed by atoms with van der Waals surface area (Å²) in [5.74, 6) is 0.610. The molecule has 0 saturated heterocycles. The number of fused-ring (bicyclic) bond motifs is 3. The normalized spacial score (nSPS) is 11.2.